The molecule has 23 heavy (non-hydrogen) atoms. The molecule has 1 atom stereocenters. The van der Waals surface area contributed by atoms with Gasteiger partial charge < -0.3 is 19.4 Å². The summed E-state index contributed by atoms with van der Waals surface area (Å²) >= 11 is 0. The number of aromatic amines is 1. The van der Waals surface area contributed by atoms with Gasteiger partial charge in [-0.2, -0.15) is 0 Å². The van der Waals surface area contributed by atoms with Gasteiger partial charge in [0, 0.05) is 49.6 Å². The number of ether oxygens (including phenoxy) is 2. The number of hydrogen-bond donors (Lipinski definition) is 1. The van der Waals surface area contributed by atoms with Gasteiger partial charge in [0.2, 0.25) is 5.91 Å². The zero-order valence-corrected chi connectivity index (χ0v) is 13.2. The fourth-order valence-corrected chi connectivity index (χ4v) is 3.52. The number of carbonyl (C=O) groups is 1. The zero-order chi connectivity index (χ0) is 15.6. The molecule has 1 aromatic heterocycles. The van der Waals surface area contributed by atoms with E-state index >= 15 is 0 Å². The van der Waals surface area contributed by atoms with Crippen molar-refractivity contribution in [3.63, 3.8) is 0 Å². The van der Waals surface area contributed by atoms with Crippen LogP contribution in [0.5, 0.6) is 5.75 Å². The van der Waals surface area contributed by atoms with Crippen molar-refractivity contribution in [2.24, 2.45) is 5.92 Å². The lowest BCUT2D eigenvalue weighted by Crippen LogP contribution is -2.44. The molecule has 2 fully saturated rings. The molecule has 0 spiro atoms. The van der Waals surface area contributed by atoms with Crippen molar-refractivity contribution in [3.05, 3.63) is 30.5 Å². The first-order valence-corrected chi connectivity index (χ1v) is 8.40. The predicted octanol–water partition coefficient (Wildman–Crippen LogP) is 2.57. The molecule has 2 aromatic rings. The van der Waals surface area contributed by atoms with Crippen LogP contribution >= 0.6 is 0 Å². The summed E-state index contributed by atoms with van der Waals surface area (Å²) in [4.78, 5) is 17.6. The minimum atomic E-state index is 0.0704. The quantitative estimate of drug-likeness (QED) is 0.947. The summed E-state index contributed by atoms with van der Waals surface area (Å²) in [6, 6.07) is 8.12. The second-order valence-corrected chi connectivity index (χ2v) is 6.40. The molecule has 0 bridgehead atoms. The van der Waals surface area contributed by atoms with Crippen molar-refractivity contribution < 1.29 is 14.3 Å². The average Bonchev–Trinajstić information content (AvgIpc) is 3.27. The first-order chi connectivity index (χ1) is 11.3. The summed E-state index contributed by atoms with van der Waals surface area (Å²) in [6.07, 6.45) is 4.76. The van der Waals surface area contributed by atoms with E-state index in [2.05, 4.69) is 4.98 Å². The number of amides is 1. The topological polar surface area (TPSA) is 54.6 Å². The molecule has 1 N–H and O–H groups in total. The van der Waals surface area contributed by atoms with E-state index in [0.717, 1.165) is 55.6 Å². The number of H-pyrrole nitrogens is 1. The molecule has 2 saturated heterocycles. The number of nitrogens with zero attached hydrogens (tertiary/aromatic N) is 1. The fraction of sp³-hybridized carbons (Fsp3) is 0.500. The monoisotopic (exact) mass is 314 g/mol. The molecule has 2 aliphatic rings. The highest BCUT2D eigenvalue weighted by molar-refractivity contribution is 5.85. The van der Waals surface area contributed by atoms with Crippen LogP contribution in [-0.4, -0.2) is 48.2 Å². The molecule has 0 aliphatic carbocycles. The Morgan fingerprint density at radius 1 is 1.22 bits per heavy atom. The van der Waals surface area contributed by atoms with Crippen LogP contribution in [0.4, 0.5) is 0 Å². The normalized spacial score (nSPS) is 22.6. The molecule has 0 radical (unpaired) electrons. The van der Waals surface area contributed by atoms with Crippen LogP contribution in [0.15, 0.2) is 30.5 Å². The maximum atomic E-state index is 12.4. The number of hydrogen-bond acceptors (Lipinski definition) is 3. The van der Waals surface area contributed by atoms with Crippen LogP contribution in [0.2, 0.25) is 0 Å². The second-order valence-electron chi connectivity index (χ2n) is 6.40. The Bertz CT molecular complexity index is 682. The molecule has 1 amide bonds. The van der Waals surface area contributed by atoms with Crippen molar-refractivity contribution in [1.82, 2.24) is 9.88 Å². The maximum Gasteiger partial charge on any atom is 0.228 e. The first-order valence-electron chi connectivity index (χ1n) is 8.40. The van der Waals surface area contributed by atoms with Gasteiger partial charge in [-0.05, 0) is 24.6 Å². The second kappa shape index (κ2) is 6.24. The smallest absolute Gasteiger partial charge is 0.228 e. The lowest BCUT2D eigenvalue weighted by molar-refractivity contribution is -0.137. The van der Waals surface area contributed by atoms with E-state index in [4.69, 9.17) is 9.47 Å². The highest BCUT2D eigenvalue weighted by Crippen LogP contribution is 2.28. The summed E-state index contributed by atoms with van der Waals surface area (Å²) in [5, 5.41) is 1.12. The lowest BCUT2D eigenvalue weighted by atomic mass is 10.0. The number of likely N-dealkylation sites (tertiary alicyclic amines) is 1. The summed E-state index contributed by atoms with van der Waals surface area (Å²) in [7, 11) is 0. The van der Waals surface area contributed by atoms with Crippen molar-refractivity contribution in [2.45, 2.75) is 25.4 Å². The van der Waals surface area contributed by atoms with Crippen molar-refractivity contribution in [2.75, 3.05) is 26.3 Å². The summed E-state index contributed by atoms with van der Waals surface area (Å²) in [6.45, 7) is 2.87. The van der Waals surface area contributed by atoms with Gasteiger partial charge in [-0.3, -0.25) is 4.79 Å². The lowest BCUT2D eigenvalue weighted by Gasteiger charge is -2.33. The number of benzene rings is 1. The van der Waals surface area contributed by atoms with E-state index in [0.29, 0.717) is 6.61 Å². The van der Waals surface area contributed by atoms with Crippen LogP contribution in [0.1, 0.15) is 19.3 Å². The summed E-state index contributed by atoms with van der Waals surface area (Å²) in [5.74, 6) is 1.26. The Kier molecular flexibility index (Phi) is 3.95. The molecule has 1 unspecified atom stereocenters. The minimum absolute atomic E-state index is 0.0704. The Hall–Kier alpha value is -2.01. The van der Waals surface area contributed by atoms with Gasteiger partial charge in [0.15, 0.2) is 0 Å². The van der Waals surface area contributed by atoms with Crippen LogP contribution in [0.25, 0.3) is 10.9 Å². The number of fused-ring (bicyclic) bond motifs is 1. The number of rotatable bonds is 3. The first kappa shape index (κ1) is 14.6. The summed E-state index contributed by atoms with van der Waals surface area (Å²) < 4.78 is 11.5. The van der Waals surface area contributed by atoms with Crippen molar-refractivity contribution in [3.8, 4) is 5.75 Å². The molecule has 5 heteroatoms. The molecule has 3 heterocycles. The molecule has 5 nitrogen and oxygen atoms in total. The molecular formula is C18H22N2O3. The molecular weight excluding hydrogens is 292 g/mol. The molecule has 2 aliphatic heterocycles. The predicted molar refractivity (Wildman–Crippen MR) is 87.5 cm³/mol. The summed E-state index contributed by atoms with van der Waals surface area (Å²) in [5.41, 5.74) is 1.09. The van der Waals surface area contributed by atoms with Crippen LogP contribution in [0.3, 0.4) is 0 Å². The Morgan fingerprint density at radius 2 is 2.09 bits per heavy atom. The highest BCUT2D eigenvalue weighted by Gasteiger charge is 2.31. The number of nitrogens with one attached hydrogen (secondary N) is 1. The van der Waals surface area contributed by atoms with Crippen molar-refractivity contribution in [1.29, 1.82) is 0 Å². The van der Waals surface area contributed by atoms with Gasteiger partial charge >= 0.3 is 0 Å². The van der Waals surface area contributed by atoms with Gasteiger partial charge in [0.1, 0.15) is 11.9 Å². The van der Waals surface area contributed by atoms with Crippen LogP contribution < -0.4 is 4.74 Å². The van der Waals surface area contributed by atoms with Crippen LogP contribution in [-0.2, 0) is 9.53 Å². The Labute approximate surface area is 135 Å². The third kappa shape index (κ3) is 2.93. The number of carbonyl (C=O) groups excluding carboxylic acids is 1. The van der Waals surface area contributed by atoms with Crippen LogP contribution in [0, 0.1) is 5.92 Å². The van der Waals surface area contributed by atoms with E-state index < -0.39 is 0 Å². The number of piperidine rings is 1. The molecule has 122 valence electrons. The van der Waals surface area contributed by atoms with E-state index in [1.165, 1.54) is 0 Å². The standard InChI is InChI=1S/C18H22N2O3/c21-18(13-7-11-22-12-13)20-9-5-14(6-10-20)23-17-3-1-2-16-15(17)4-8-19-16/h1-4,8,13-14,19H,5-7,9-12H2. The molecule has 4 rings (SSSR count). The minimum Gasteiger partial charge on any atom is -0.490 e. The van der Waals surface area contributed by atoms with E-state index in [1.54, 1.807) is 0 Å². The average molecular weight is 314 g/mol. The zero-order valence-electron chi connectivity index (χ0n) is 13.2. The van der Waals surface area contributed by atoms with E-state index in [-0.39, 0.29) is 17.9 Å². The third-order valence-corrected chi connectivity index (χ3v) is 4.88. The Morgan fingerprint density at radius 3 is 2.87 bits per heavy atom. The van der Waals surface area contributed by atoms with Gasteiger partial charge in [0.25, 0.3) is 0 Å². The van der Waals surface area contributed by atoms with E-state index in [9.17, 15) is 4.79 Å². The van der Waals surface area contributed by atoms with E-state index in [1.807, 2.05) is 35.4 Å². The Balaban J connectivity index is 1.36. The van der Waals surface area contributed by atoms with Gasteiger partial charge in [-0.25, -0.2) is 0 Å². The molecule has 0 saturated carbocycles. The van der Waals surface area contributed by atoms with Crippen molar-refractivity contribution >= 4 is 16.8 Å². The van der Waals surface area contributed by atoms with Gasteiger partial charge in [-0.15, -0.1) is 0 Å². The SMILES string of the molecule is O=C(C1CCOC1)N1CCC(Oc2cccc3[nH]ccc23)CC1. The largest absolute Gasteiger partial charge is 0.490 e. The molecule has 1 aromatic carbocycles. The number of aromatic nitrogens is 1. The fourth-order valence-electron chi connectivity index (χ4n) is 3.52. The third-order valence-electron chi connectivity index (χ3n) is 4.88. The maximum absolute atomic E-state index is 12.4. The van der Waals surface area contributed by atoms with Gasteiger partial charge in [-0.1, -0.05) is 6.07 Å². The van der Waals surface area contributed by atoms with Gasteiger partial charge in [0.05, 0.1) is 12.5 Å². The highest BCUT2D eigenvalue weighted by atomic mass is 16.5.